The maximum absolute atomic E-state index is 12.0. The highest BCUT2D eigenvalue weighted by atomic mass is 32.2. The fourth-order valence-corrected chi connectivity index (χ4v) is 3.76. The molecule has 15 heavy (non-hydrogen) atoms. The number of hydrogen-bond acceptors (Lipinski definition) is 3. The summed E-state index contributed by atoms with van der Waals surface area (Å²) < 4.78 is 0. The lowest BCUT2D eigenvalue weighted by Crippen LogP contribution is -2.53. The second kappa shape index (κ2) is 4.74. The van der Waals surface area contributed by atoms with E-state index in [0.717, 1.165) is 30.8 Å². The zero-order valence-electron chi connectivity index (χ0n) is 9.13. The predicted octanol–water partition coefficient (Wildman–Crippen LogP) is 1.13. The first-order valence-corrected chi connectivity index (χ1v) is 7.01. The van der Waals surface area contributed by atoms with Crippen LogP contribution in [-0.2, 0) is 4.79 Å². The molecule has 1 saturated heterocycles. The minimum Gasteiger partial charge on any atom is -0.349 e. The third-order valence-corrected chi connectivity index (χ3v) is 4.80. The molecule has 0 bridgehead atoms. The fraction of sp³-hybridized carbons (Fsp3) is 0.909. The van der Waals surface area contributed by atoms with E-state index < -0.39 is 0 Å². The Morgan fingerprint density at radius 1 is 1.47 bits per heavy atom. The Labute approximate surface area is 95.6 Å². The molecule has 1 heterocycles. The van der Waals surface area contributed by atoms with E-state index in [2.05, 4.69) is 5.32 Å². The van der Waals surface area contributed by atoms with Gasteiger partial charge in [-0.05, 0) is 25.0 Å². The number of rotatable bonds is 3. The van der Waals surface area contributed by atoms with Gasteiger partial charge < -0.3 is 11.1 Å². The Morgan fingerprint density at radius 2 is 2.20 bits per heavy atom. The smallest absolute Gasteiger partial charge is 0.224 e. The molecule has 0 radical (unpaired) electrons. The summed E-state index contributed by atoms with van der Waals surface area (Å²) in [6, 6.07) is 0. The molecule has 2 fully saturated rings. The molecule has 1 aliphatic heterocycles. The van der Waals surface area contributed by atoms with Gasteiger partial charge in [-0.3, -0.25) is 4.79 Å². The molecule has 86 valence electrons. The third-order valence-electron chi connectivity index (χ3n) is 3.64. The monoisotopic (exact) mass is 228 g/mol. The summed E-state index contributed by atoms with van der Waals surface area (Å²) in [5.74, 6) is 2.60. The van der Waals surface area contributed by atoms with E-state index in [-0.39, 0.29) is 17.4 Å². The number of nitrogens with one attached hydrogen (secondary N) is 1. The molecule has 0 aromatic rings. The van der Waals surface area contributed by atoms with Gasteiger partial charge in [0.15, 0.2) is 0 Å². The average Bonchev–Trinajstić information content (AvgIpc) is 2.88. The van der Waals surface area contributed by atoms with Crippen molar-refractivity contribution in [1.82, 2.24) is 5.32 Å². The molecule has 1 atom stereocenters. The summed E-state index contributed by atoms with van der Waals surface area (Å²) in [5, 5.41) is 3.21. The van der Waals surface area contributed by atoms with E-state index >= 15 is 0 Å². The summed E-state index contributed by atoms with van der Waals surface area (Å²) in [7, 11) is 0. The Bertz CT molecular complexity index is 233. The quantitative estimate of drug-likeness (QED) is 0.761. The van der Waals surface area contributed by atoms with Crippen LogP contribution in [0.1, 0.15) is 32.1 Å². The van der Waals surface area contributed by atoms with Gasteiger partial charge >= 0.3 is 0 Å². The predicted molar refractivity (Wildman–Crippen MR) is 63.8 cm³/mol. The second-order valence-corrected chi connectivity index (χ2v) is 5.89. The molecule has 3 N–H and O–H groups in total. The van der Waals surface area contributed by atoms with Crippen molar-refractivity contribution in [2.75, 3.05) is 18.1 Å². The molecular weight excluding hydrogens is 208 g/mol. The van der Waals surface area contributed by atoms with E-state index in [4.69, 9.17) is 5.73 Å². The molecule has 3 nitrogen and oxygen atoms in total. The zero-order valence-corrected chi connectivity index (χ0v) is 9.94. The number of carbonyl (C=O) groups excluding carboxylic acids is 1. The van der Waals surface area contributed by atoms with Gasteiger partial charge in [0, 0.05) is 18.2 Å². The normalized spacial score (nSPS) is 29.3. The minimum absolute atomic E-state index is 0.0651. The molecule has 0 aromatic carbocycles. The topological polar surface area (TPSA) is 55.1 Å². The van der Waals surface area contributed by atoms with E-state index in [1.54, 1.807) is 0 Å². The summed E-state index contributed by atoms with van der Waals surface area (Å²) in [4.78, 5) is 12.0. The lowest BCUT2D eigenvalue weighted by atomic mass is 9.96. The molecule has 4 heteroatoms. The third kappa shape index (κ3) is 2.48. The van der Waals surface area contributed by atoms with Crippen LogP contribution in [0.4, 0.5) is 0 Å². The van der Waals surface area contributed by atoms with Gasteiger partial charge in [-0.15, -0.1) is 0 Å². The summed E-state index contributed by atoms with van der Waals surface area (Å²) in [6.45, 7) is 0.596. The van der Waals surface area contributed by atoms with Crippen molar-refractivity contribution in [3.8, 4) is 0 Å². The largest absolute Gasteiger partial charge is 0.349 e. The van der Waals surface area contributed by atoms with Crippen molar-refractivity contribution in [3.63, 3.8) is 0 Å². The highest BCUT2D eigenvalue weighted by Gasteiger charge is 2.36. The van der Waals surface area contributed by atoms with Crippen LogP contribution in [0.2, 0.25) is 0 Å². The number of carbonyl (C=O) groups is 1. The first-order valence-electron chi connectivity index (χ1n) is 5.86. The minimum atomic E-state index is -0.0651. The number of thioether (sulfide) groups is 1. The summed E-state index contributed by atoms with van der Waals surface area (Å²) in [6.07, 6.45) is 5.58. The first-order chi connectivity index (χ1) is 7.26. The van der Waals surface area contributed by atoms with Crippen molar-refractivity contribution in [2.45, 2.75) is 37.6 Å². The van der Waals surface area contributed by atoms with Crippen LogP contribution < -0.4 is 11.1 Å². The Morgan fingerprint density at radius 3 is 2.73 bits per heavy atom. The summed E-state index contributed by atoms with van der Waals surface area (Å²) >= 11 is 1.88. The molecule has 1 unspecified atom stereocenters. The maximum Gasteiger partial charge on any atom is 0.224 e. The standard InChI is InChI=1S/C11H20N2OS/c12-8-11(4-1-2-5-11)13-10(14)9-3-6-15-7-9/h9H,1-8,12H2,(H,13,14). The zero-order chi connectivity index (χ0) is 10.7. The summed E-state index contributed by atoms with van der Waals surface area (Å²) in [5.41, 5.74) is 5.73. The van der Waals surface area contributed by atoms with Crippen LogP contribution >= 0.6 is 11.8 Å². The molecule has 1 aliphatic carbocycles. The highest BCUT2D eigenvalue weighted by molar-refractivity contribution is 7.99. The molecule has 2 aliphatic rings. The molecule has 1 saturated carbocycles. The van der Waals surface area contributed by atoms with E-state index in [1.165, 1.54) is 12.8 Å². The highest BCUT2D eigenvalue weighted by Crippen LogP contribution is 2.30. The van der Waals surface area contributed by atoms with Gasteiger partial charge in [-0.1, -0.05) is 12.8 Å². The van der Waals surface area contributed by atoms with Crippen molar-refractivity contribution >= 4 is 17.7 Å². The van der Waals surface area contributed by atoms with Crippen LogP contribution in [0.15, 0.2) is 0 Å². The van der Waals surface area contributed by atoms with Crippen molar-refractivity contribution < 1.29 is 4.79 Å². The van der Waals surface area contributed by atoms with Crippen LogP contribution in [0, 0.1) is 5.92 Å². The van der Waals surface area contributed by atoms with Gasteiger partial charge in [0.2, 0.25) is 5.91 Å². The van der Waals surface area contributed by atoms with Gasteiger partial charge in [0.1, 0.15) is 0 Å². The second-order valence-electron chi connectivity index (χ2n) is 4.74. The molecule has 0 aromatic heterocycles. The maximum atomic E-state index is 12.0. The Kier molecular flexibility index (Phi) is 3.57. The lowest BCUT2D eigenvalue weighted by Gasteiger charge is -2.30. The van der Waals surface area contributed by atoms with Crippen LogP contribution in [0.3, 0.4) is 0 Å². The first kappa shape index (κ1) is 11.3. The van der Waals surface area contributed by atoms with Crippen molar-refractivity contribution in [1.29, 1.82) is 0 Å². The molecular formula is C11H20N2OS. The Hall–Kier alpha value is -0.220. The van der Waals surface area contributed by atoms with E-state index in [9.17, 15) is 4.79 Å². The van der Waals surface area contributed by atoms with Crippen molar-refractivity contribution in [3.05, 3.63) is 0 Å². The van der Waals surface area contributed by atoms with Gasteiger partial charge in [-0.25, -0.2) is 0 Å². The van der Waals surface area contributed by atoms with E-state index in [0.29, 0.717) is 6.54 Å². The van der Waals surface area contributed by atoms with Crippen LogP contribution in [0.5, 0.6) is 0 Å². The number of amides is 1. The molecule has 2 rings (SSSR count). The van der Waals surface area contributed by atoms with Gasteiger partial charge in [0.05, 0.1) is 5.54 Å². The van der Waals surface area contributed by atoms with Crippen LogP contribution in [0.25, 0.3) is 0 Å². The van der Waals surface area contributed by atoms with Crippen molar-refractivity contribution in [2.24, 2.45) is 11.7 Å². The number of nitrogens with two attached hydrogens (primary N) is 1. The Balaban J connectivity index is 1.91. The van der Waals surface area contributed by atoms with E-state index in [1.807, 2.05) is 11.8 Å². The SMILES string of the molecule is NCC1(NC(=O)C2CCSC2)CCCC1. The fourth-order valence-electron chi connectivity index (χ4n) is 2.54. The number of hydrogen-bond donors (Lipinski definition) is 2. The molecule has 1 amide bonds. The van der Waals surface area contributed by atoms with Gasteiger partial charge in [0.25, 0.3) is 0 Å². The van der Waals surface area contributed by atoms with Crippen LogP contribution in [-0.4, -0.2) is 29.5 Å². The average molecular weight is 228 g/mol. The van der Waals surface area contributed by atoms with Gasteiger partial charge in [-0.2, -0.15) is 11.8 Å². The molecule has 0 spiro atoms. The lowest BCUT2D eigenvalue weighted by molar-refractivity contribution is -0.126.